The van der Waals surface area contributed by atoms with Crippen molar-refractivity contribution in [1.29, 1.82) is 0 Å². The van der Waals surface area contributed by atoms with E-state index in [2.05, 4.69) is 19.2 Å². The molecule has 3 rings (SSSR count). The SMILES string of the molecule is Cc1nc2cc(CNC(=O)c3ccns3)ccc2n1C. The highest BCUT2D eigenvalue weighted by molar-refractivity contribution is 7.08. The van der Waals surface area contributed by atoms with E-state index in [0.717, 1.165) is 22.4 Å². The Kier molecular flexibility index (Phi) is 3.23. The van der Waals surface area contributed by atoms with Crippen LogP contribution >= 0.6 is 11.5 Å². The monoisotopic (exact) mass is 286 g/mol. The third kappa shape index (κ3) is 2.30. The normalized spacial score (nSPS) is 10.9. The van der Waals surface area contributed by atoms with E-state index in [1.807, 2.05) is 32.2 Å². The molecule has 1 N–H and O–H groups in total. The van der Waals surface area contributed by atoms with Crippen LogP contribution in [0.1, 0.15) is 21.1 Å². The maximum absolute atomic E-state index is 11.8. The Bertz CT molecular complexity index is 761. The lowest BCUT2D eigenvalue weighted by molar-refractivity contribution is 0.0955. The molecule has 0 spiro atoms. The molecule has 0 aliphatic carbocycles. The molecule has 2 aromatic heterocycles. The van der Waals surface area contributed by atoms with Gasteiger partial charge in [0.1, 0.15) is 10.7 Å². The van der Waals surface area contributed by atoms with Gasteiger partial charge in [-0.05, 0) is 42.2 Å². The number of imidazole rings is 1. The van der Waals surface area contributed by atoms with Gasteiger partial charge in [-0.25, -0.2) is 9.36 Å². The summed E-state index contributed by atoms with van der Waals surface area (Å²) in [6.45, 7) is 2.47. The van der Waals surface area contributed by atoms with Gasteiger partial charge in [0.2, 0.25) is 0 Å². The molecule has 5 nitrogen and oxygen atoms in total. The minimum Gasteiger partial charge on any atom is -0.347 e. The zero-order chi connectivity index (χ0) is 14.1. The van der Waals surface area contributed by atoms with E-state index in [0.29, 0.717) is 11.4 Å². The van der Waals surface area contributed by atoms with Crippen molar-refractivity contribution in [3.8, 4) is 0 Å². The van der Waals surface area contributed by atoms with Crippen molar-refractivity contribution < 1.29 is 4.79 Å². The number of aromatic nitrogens is 3. The number of fused-ring (bicyclic) bond motifs is 1. The molecule has 1 aromatic carbocycles. The highest BCUT2D eigenvalue weighted by Crippen LogP contribution is 2.16. The van der Waals surface area contributed by atoms with Gasteiger partial charge < -0.3 is 9.88 Å². The first-order valence-electron chi connectivity index (χ1n) is 6.26. The lowest BCUT2D eigenvalue weighted by Crippen LogP contribution is -2.21. The van der Waals surface area contributed by atoms with Crippen LogP contribution in [0, 0.1) is 6.92 Å². The summed E-state index contributed by atoms with van der Waals surface area (Å²) in [6.07, 6.45) is 1.63. The summed E-state index contributed by atoms with van der Waals surface area (Å²) < 4.78 is 5.97. The van der Waals surface area contributed by atoms with Crippen molar-refractivity contribution in [3.63, 3.8) is 0 Å². The fourth-order valence-corrected chi connectivity index (χ4v) is 2.59. The number of carbonyl (C=O) groups excluding carboxylic acids is 1. The lowest BCUT2D eigenvalue weighted by Gasteiger charge is -2.04. The van der Waals surface area contributed by atoms with Crippen LogP contribution in [0.3, 0.4) is 0 Å². The number of hydrogen-bond donors (Lipinski definition) is 1. The molecular formula is C14H14N4OS. The van der Waals surface area contributed by atoms with Gasteiger partial charge in [-0.15, -0.1) is 0 Å². The third-order valence-electron chi connectivity index (χ3n) is 3.28. The summed E-state index contributed by atoms with van der Waals surface area (Å²) in [6, 6.07) is 7.76. The predicted molar refractivity (Wildman–Crippen MR) is 78.7 cm³/mol. The van der Waals surface area contributed by atoms with Gasteiger partial charge in [0.25, 0.3) is 5.91 Å². The van der Waals surface area contributed by atoms with Crippen LogP contribution in [-0.2, 0) is 13.6 Å². The smallest absolute Gasteiger partial charge is 0.263 e. The second-order valence-electron chi connectivity index (χ2n) is 4.60. The lowest BCUT2D eigenvalue weighted by atomic mass is 10.2. The maximum atomic E-state index is 11.8. The Labute approximate surface area is 120 Å². The van der Waals surface area contributed by atoms with Crippen molar-refractivity contribution in [2.75, 3.05) is 0 Å². The van der Waals surface area contributed by atoms with Crippen molar-refractivity contribution in [2.24, 2.45) is 7.05 Å². The summed E-state index contributed by atoms with van der Waals surface area (Å²) in [4.78, 5) is 17.0. The molecule has 0 saturated carbocycles. The Morgan fingerprint density at radius 3 is 3.00 bits per heavy atom. The largest absolute Gasteiger partial charge is 0.347 e. The zero-order valence-electron chi connectivity index (χ0n) is 11.3. The second-order valence-corrected chi connectivity index (χ2v) is 5.43. The van der Waals surface area contributed by atoms with Crippen LogP contribution in [0.15, 0.2) is 30.5 Å². The van der Waals surface area contributed by atoms with Crippen LogP contribution in [0.4, 0.5) is 0 Å². The van der Waals surface area contributed by atoms with Crippen LogP contribution in [0.25, 0.3) is 11.0 Å². The van der Waals surface area contributed by atoms with Crippen LogP contribution in [0.5, 0.6) is 0 Å². The average Bonchev–Trinajstić information content (AvgIpc) is 3.06. The Hall–Kier alpha value is -2.21. The minimum absolute atomic E-state index is 0.0928. The van der Waals surface area contributed by atoms with Gasteiger partial charge in [-0.2, -0.15) is 0 Å². The number of benzene rings is 1. The van der Waals surface area contributed by atoms with Gasteiger partial charge in [0, 0.05) is 19.8 Å². The van der Waals surface area contributed by atoms with Crippen molar-refractivity contribution >= 4 is 28.5 Å². The van der Waals surface area contributed by atoms with E-state index in [9.17, 15) is 4.79 Å². The maximum Gasteiger partial charge on any atom is 0.263 e. The molecule has 6 heteroatoms. The van der Waals surface area contributed by atoms with Crippen LogP contribution < -0.4 is 5.32 Å². The fourth-order valence-electron chi connectivity index (χ4n) is 2.08. The molecule has 0 aliphatic heterocycles. The number of aryl methyl sites for hydroxylation is 2. The van der Waals surface area contributed by atoms with Crippen molar-refractivity contribution in [1.82, 2.24) is 19.2 Å². The molecule has 0 saturated heterocycles. The first kappa shape index (κ1) is 12.8. The van der Waals surface area contributed by atoms with Gasteiger partial charge in [0.15, 0.2) is 0 Å². The molecular weight excluding hydrogens is 272 g/mol. The predicted octanol–water partition coefficient (Wildman–Crippen LogP) is 2.27. The topological polar surface area (TPSA) is 59.8 Å². The number of hydrogen-bond acceptors (Lipinski definition) is 4. The van der Waals surface area contributed by atoms with Crippen molar-refractivity contribution in [2.45, 2.75) is 13.5 Å². The van der Waals surface area contributed by atoms with Crippen LogP contribution in [0.2, 0.25) is 0 Å². The van der Waals surface area contributed by atoms with Gasteiger partial charge >= 0.3 is 0 Å². The average molecular weight is 286 g/mol. The number of amides is 1. The Balaban J connectivity index is 1.76. The Morgan fingerprint density at radius 2 is 2.25 bits per heavy atom. The molecule has 0 fully saturated rings. The summed E-state index contributed by atoms with van der Waals surface area (Å²) in [7, 11) is 2.00. The zero-order valence-corrected chi connectivity index (χ0v) is 12.1. The minimum atomic E-state index is -0.0928. The number of rotatable bonds is 3. The number of nitrogens with zero attached hydrogens (tertiary/aromatic N) is 3. The summed E-state index contributed by atoms with van der Waals surface area (Å²) in [5.41, 5.74) is 3.09. The molecule has 0 aliphatic rings. The van der Waals surface area contributed by atoms with Gasteiger partial charge in [-0.1, -0.05) is 6.07 Å². The fraction of sp³-hybridized carbons (Fsp3) is 0.214. The van der Waals surface area contributed by atoms with Crippen molar-refractivity contribution in [3.05, 3.63) is 46.7 Å². The molecule has 102 valence electrons. The number of carbonyl (C=O) groups is 1. The quantitative estimate of drug-likeness (QED) is 0.803. The standard InChI is InChI=1S/C14H14N4OS/c1-9-17-11-7-10(3-4-12(11)18(9)2)8-15-14(19)13-5-6-16-20-13/h3-7H,8H2,1-2H3,(H,15,19). The molecule has 0 atom stereocenters. The molecule has 0 bridgehead atoms. The molecule has 1 amide bonds. The van der Waals surface area contributed by atoms with E-state index in [-0.39, 0.29) is 5.91 Å². The second kappa shape index (κ2) is 5.05. The van der Waals surface area contributed by atoms with Gasteiger partial charge in [0.05, 0.1) is 11.0 Å². The third-order valence-corrected chi connectivity index (χ3v) is 4.03. The summed E-state index contributed by atoms with van der Waals surface area (Å²) >= 11 is 1.20. The molecule has 0 unspecified atom stereocenters. The van der Waals surface area contributed by atoms with E-state index < -0.39 is 0 Å². The van der Waals surface area contributed by atoms with E-state index >= 15 is 0 Å². The molecule has 2 heterocycles. The van der Waals surface area contributed by atoms with E-state index in [1.54, 1.807) is 12.3 Å². The Morgan fingerprint density at radius 1 is 1.40 bits per heavy atom. The highest BCUT2D eigenvalue weighted by atomic mass is 32.1. The summed E-state index contributed by atoms with van der Waals surface area (Å²) in [5.74, 6) is 0.885. The first-order chi connectivity index (χ1) is 9.65. The summed E-state index contributed by atoms with van der Waals surface area (Å²) in [5, 5.41) is 2.88. The van der Waals surface area contributed by atoms with Crippen LogP contribution in [-0.4, -0.2) is 19.8 Å². The molecule has 0 radical (unpaired) electrons. The van der Waals surface area contributed by atoms with E-state index in [4.69, 9.17) is 0 Å². The molecule has 3 aromatic rings. The molecule has 20 heavy (non-hydrogen) atoms. The highest BCUT2D eigenvalue weighted by Gasteiger charge is 2.08. The first-order valence-corrected chi connectivity index (χ1v) is 7.03. The van der Waals surface area contributed by atoms with E-state index in [1.165, 1.54) is 11.5 Å². The van der Waals surface area contributed by atoms with Gasteiger partial charge in [-0.3, -0.25) is 4.79 Å². The number of nitrogens with one attached hydrogen (secondary N) is 1.